The van der Waals surface area contributed by atoms with Gasteiger partial charge in [-0.1, -0.05) is 54.6 Å². The molecule has 0 aliphatic heterocycles. The molecule has 2 rings (SSSR count). The van der Waals surface area contributed by atoms with Crippen LogP contribution < -0.4 is 10.6 Å². The van der Waals surface area contributed by atoms with Gasteiger partial charge >= 0.3 is 0 Å². The maximum Gasteiger partial charge on any atom is 0.0406 e. The Kier molecular flexibility index (Phi) is 5.85. The van der Waals surface area contributed by atoms with Crippen LogP contribution in [0.25, 0.3) is 0 Å². The normalized spacial score (nSPS) is 10.4. The maximum atomic E-state index is 5.88. The van der Waals surface area contributed by atoms with Crippen molar-refractivity contribution in [2.75, 3.05) is 0 Å². The summed E-state index contributed by atoms with van der Waals surface area (Å²) in [4.78, 5) is 0. The largest absolute Gasteiger partial charge is 0.385 e. The molecule has 0 fully saturated rings. The molecule has 21 heavy (non-hydrogen) atoms. The van der Waals surface area contributed by atoms with E-state index < -0.39 is 0 Å². The molecular formula is C18H21ClN2. The molecule has 0 saturated heterocycles. The molecular weight excluding hydrogens is 280 g/mol. The van der Waals surface area contributed by atoms with Crippen molar-refractivity contribution in [2.24, 2.45) is 0 Å². The van der Waals surface area contributed by atoms with Crippen LogP contribution in [0.2, 0.25) is 5.02 Å². The summed E-state index contributed by atoms with van der Waals surface area (Å²) in [5.41, 5.74) is 4.77. The van der Waals surface area contributed by atoms with Crippen LogP contribution in [0, 0.1) is 0 Å². The first kappa shape index (κ1) is 15.6. The molecule has 0 saturated carbocycles. The molecule has 0 unspecified atom stereocenters. The van der Waals surface area contributed by atoms with Crippen LogP contribution in [0.15, 0.2) is 60.8 Å². The van der Waals surface area contributed by atoms with Gasteiger partial charge in [0.15, 0.2) is 0 Å². The summed E-state index contributed by atoms with van der Waals surface area (Å²) in [6.07, 6.45) is 0. The maximum absolute atomic E-state index is 5.88. The van der Waals surface area contributed by atoms with Crippen LogP contribution in [-0.2, 0) is 19.6 Å². The second kappa shape index (κ2) is 7.87. The van der Waals surface area contributed by atoms with E-state index in [1.807, 2.05) is 31.2 Å². The molecule has 0 heterocycles. The predicted octanol–water partition coefficient (Wildman–Crippen LogP) is 4.25. The fraction of sp³-hybridized carbons (Fsp3) is 0.222. The van der Waals surface area contributed by atoms with E-state index in [9.17, 15) is 0 Å². The first-order valence-corrected chi connectivity index (χ1v) is 7.43. The van der Waals surface area contributed by atoms with Gasteiger partial charge in [0.2, 0.25) is 0 Å². The van der Waals surface area contributed by atoms with Gasteiger partial charge in [-0.05, 0) is 35.7 Å². The van der Waals surface area contributed by atoms with Gasteiger partial charge < -0.3 is 10.6 Å². The van der Waals surface area contributed by atoms with Crippen LogP contribution >= 0.6 is 11.6 Å². The molecule has 2 aromatic rings. The van der Waals surface area contributed by atoms with Crippen LogP contribution in [0.3, 0.4) is 0 Å². The van der Waals surface area contributed by atoms with Crippen LogP contribution in [0.4, 0.5) is 0 Å². The smallest absolute Gasteiger partial charge is 0.0406 e. The van der Waals surface area contributed by atoms with Crippen molar-refractivity contribution in [3.05, 3.63) is 82.5 Å². The van der Waals surface area contributed by atoms with Gasteiger partial charge in [-0.15, -0.1) is 0 Å². The standard InChI is InChI=1S/C18H21ClN2/c1-14(2)21-13-17-5-3-4-16(10-17)12-20-11-15-6-8-18(19)9-7-15/h3-10,20-21H,1,11-13H2,2H3. The summed E-state index contributed by atoms with van der Waals surface area (Å²) in [5.74, 6) is 0. The molecule has 0 aliphatic rings. The van der Waals surface area contributed by atoms with Gasteiger partial charge in [0.05, 0.1) is 0 Å². The summed E-state index contributed by atoms with van der Waals surface area (Å²) in [5, 5.41) is 7.47. The Morgan fingerprint density at radius 1 is 0.952 bits per heavy atom. The van der Waals surface area contributed by atoms with Crippen molar-refractivity contribution in [3.63, 3.8) is 0 Å². The lowest BCUT2D eigenvalue weighted by molar-refractivity contribution is 0.691. The molecule has 2 nitrogen and oxygen atoms in total. The Balaban J connectivity index is 1.83. The zero-order valence-electron chi connectivity index (χ0n) is 12.3. The lowest BCUT2D eigenvalue weighted by Crippen LogP contribution is -2.13. The summed E-state index contributed by atoms with van der Waals surface area (Å²) in [7, 11) is 0. The second-order valence-electron chi connectivity index (χ2n) is 5.18. The number of halogens is 1. The minimum atomic E-state index is 0.775. The monoisotopic (exact) mass is 300 g/mol. The Labute approximate surface area is 131 Å². The highest BCUT2D eigenvalue weighted by molar-refractivity contribution is 6.30. The Hall–Kier alpha value is -1.77. The summed E-state index contributed by atoms with van der Waals surface area (Å²) in [6, 6.07) is 16.5. The third-order valence-electron chi connectivity index (χ3n) is 3.16. The van der Waals surface area contributed by atoms with E-state index >= 15 is 0 Å². The molecule has 2 N–H and O–H groups in total. The number of allylic oxidation sites excluding steroid dienone is 1. The minimum absolute atomic E-state index is 0.775. The number of rotatable bonds is 7. The van der Waals surface area contributed by atoms with E-state index in [1.165, 1.54) is 16.7 Å². The SMILES string of the molecule is C=C(C)NCc1cccc(CNCc2ccc(Cl)cc2)c1. The average molecular weight is 301 g/mol. The van der Waals surface area contributed by atoms with E-state index in [0.29, 0.717) is 0 Å². The third kappa shape index (κ3) is 5.62. The second-order valence-corrected chi connectivity index (χ2v) is 5.62. The highest BCUT2D eigenvalue weighted by Crippen LogP contribution is 2.10. The van der Waals surface area contributed by atoms with Crippen molar-refractivity contribution in [1.82, 2.24) is 10.6 Å². The summed E-state index contributed by atoms with van der Waals surface area (Å²) < 4.78 is 0. The van der Waals surface area contributed by atoms with Crippen molar-refractivity contribution in [3.8, 4) is 0 Å². The molecule has 0 spiro atoms. The zero-order valence-corrected chi connectivity index (χ0v) is 13.1. The first-order chi connectivity index (χ1) is 10.1. The molecule has 0 bridgehead atoms. The van der Waals surface area contributed by atoms with E-state index in [2.05, 4.69) is 41.5 Å². The van der Waals surface area contributed by atoms with Gasteiger partial charge in [-0.25, -0.2) is 0 Å². The van der Waals surface area contributed by atoms with Crippen LogP contribution in [0.1, 0.15) is 23.6 Å². The lowest BCUT2D eigenvalue weighted by Gasteiger charge is -2.09. The van der Waals surface area contributed by atoms with Crippen molar-refractivity contribution in [2.45, 2.75) is 26.6 Å². The van der Waals surface area contributed by atoms with E-state index in [4.69, 9.17) is 11.6 Å². The topological polar surface area (TPSA) is 24.1 Å². The highest BCUT2D eigenvalue weighted by atomic mass is 35.5. The van der Waals surface area contributed by atoms with E-state index in [-0.39, 0.29) is 0 Å². The van der Waals surface area contributed by atoms with Gasteiger partial charge in [0.25, 0.3) is 0 Å². The number of benzene rings is 2. The fourth-order valence-corrected chi connectivity index (χ4v) is 2.18. The fourth-order valence-electron chi connectivity index (χ4n) is 2.06. The molecule has 0 atom stereocenters. The zero-order chi connectivity index (χ0) is 15.1. The number of hydrogen-bond donors (Lipinski definition) is 2. The first-order valence-electron chi connectivity index (χ1n) is 7.06. The van der Waals surface area contributed by atoms with Gasteiger partial charge in [0, 0.05) is 30.4 Å². The number of nitrogens with one attached hydrogen (secondary N) is 2. The average Bonchev–Trinajstić information content (AvgIpc) is 2.48. The van der Waals surface area contributed by atoms with Crippen LogP contribution in [0.5, 0.6) is 0 Å². The molecule has 3 heteroatoms. The summed E-state index contributed by atoms with van der Waals surface area (Å²) in [6.45, 7) is 8.33. The van der Waals surface area contributed by atoms with E-state index in [0.717, 1.165) is 30.4 Å². The quantitative estimate of drug-likeness (QED) is 0.798. The highest BCUT2D eigenvalue weighted by Gasteiger charge is 1.97. The predicted molar refractivity (Wildman–Crippen MR) is 90.1 cm³/mol. The number of hydrogen-bond acceptors (Lipinski definition) is 2. The third-order valence-corrected chi connectivity index (χ3v) is 3.41. The minimum Gasteiger partial charge on any atom is -0.385 e. The molecule has 0 aliphatic carbocycles. The van der Waals surface area contributed by atoms with Gasteiger partial charge in [0.1, 0.15) is 0 Å². The van der Waals surface area contributed by atoms with Crippen molar-refractivity contribution in [1.29, 1.82) is 0 Å². The van der Waals surface area contributed by atoms with Crippen LogP contribution in [-0.4, -0.2) is 0 Å². The Morgan fingerprint density at radius 3 is 2.24 bits per heavy atom. The molecule has 2 aromatic carbocycles. The summed E-state index contributed by atoms with van der Waals surface area (Å²) >= 11 is 5.88. The van der Waals surface area contributed by atoms with E-state index in [1.54, 1.807) is 0 Å². The molecule has 0 aromatic heterocycles. The molecule has 0 radical (unpaired) electrons. The van der Waals surface area contributed by atoms with Crippen molar-refractivity contribution >= 4 is 11.6 Å². The molecule has 0 amide bonds. The Morgan fingerprint density at radius 2 is 1.57 bits per heavy atom. The van der Waals surface area contributed by atoms with Gasteiger partial charge in [-0.2, -0.15) is 0 Å². The van der Waals surface area contributed by atoms with Gasteiger partial charge in [-0.3, -0.25) is 0 Å². The van der Waals surface area contributed by atoms with Crippen molar-refractivity contribution < 1.29 is 0 Å². The Bertz CT molecular complexity index is 590. The molecule has 110 valence electrons. The lowest BCUT2D eigenvalue weighted by atomic mass is 10.1.